The molecule has 3 heterocycles. The summed E-state index contributed by atoms with van der Waals surface area (Å²) in [7, 11) is 0. The van der Waals surface area contributed by atoms with Gasteiger partial charge in [-0.05, 0) is 55.5 Å². The average Bonchev–Trinajstić information content (AvgIpc) is 3.53. The van der Waals surface area contributed by atoms with Crippen LogP contribution >= 0.6 is 0 Å². The lowest BCUT2D eigenvalue weighted by atomic mass is 10.1. The van der Waals surface area contributed by atoms with Crippen LogP contribution in [0.15, 0.2) is 54.7 Å². The van der Waals surface area contributed by atoms with Gasteiger partial charge in [-0.2, -0.15) is 5.26 Å². The first-order chi connectivity index (χ1) is 17.1. The molecule has 0 radical (unpaired) electrons. The molecule has 0 spiro atoms. The summed E-state index contributed by atoms with van der Waals surface area (Å²) >= 11 is 0. The zero-order valence-electron chi connectivity index (χ0n) is 20.0. The molecular weight excluding hydrogens is 436 g/mol. The summed E-state index contributed by atoms with van der Waals surface area (Å²) in [5.41, 5.74) is 5.55. The van der Waals surface area contributed by atoms with Crippen molar-refractivity contribution >= 4 is 5.95 Å². The Hall–Kier alpha value is -4.12. The average molecular weight is 465 g/mol. The summed E-state index contributed by atoms with van der Waals surface area (Å²) in [5, 5.41) is 21.6. The SMILES string of the molecule is CCc1cccc(Cn2cc(-c3cc(-c4cccc(C#N)c4)nc(N[C@@H]4CCC[C@H]4C)n3)nn2)n1. The van der Waals surface area contributed by atoms with Crippen molar-refractivity contribution in [1.29, 1.82) is 5.26 Å². The predicted octanol–water partition coefficient (Wildman–Crippen LogP) is 4.88. The minimum atomic E-state index is 0.344. The zero-order chi connectivity index (χ0) is 24.2. The number of rotatable bonds is 7. The molecule has 4 aromatic rings. The highest BCUT2D eigenvalue weighted by atomic mass is 15.4. The van der Waals surface area contributed by atoms with Crippen molar-refractivity contribution in [3.63, 3.8) is 0 Å². The smallest absolute Gasteiger partial charge is 0.224 e. The lowest BCUT2D eigenvalue weighted by Crippen LogP contribution is -2.23. The number of anilines is 1. The normalized spacial score (nSPS) is 17.3. The number of aromatic nitrogens is 6. The fraction of sp³-hybridized carbons (Fsp3) is 0.333. The van der Waals surface area contributed by atoms with Crippen molar-refractivity contribution in [1.82, 2.24) is 29.9 Å². The van der Waals surface area contributed by atoms with Crippen molar-refractivity contribution in [3.8, 4) is 28.7 Å². The molecule has 8 nitrogen and oxygen atoms in total. The second-order valence-electron chi connectivity index (χ2n) is 9.09. The third-order valence-electron chi connectivity index (χ3n) is 6.54. The summed E-state index contributed by atoms with van der Waals surface area (Å²) in [6.07, 6.45) is 6.30. The second-order valence-corrected chi connectivity index (χ2v) is 9.09. The van der Waals surface area contributed by atoms with Crippen LogP contribution < -0.4 is 5.32 Å². The van der Waals surface area contributed by atoms with Gasteiger partial charge in [0.05, 0.1) is 41.5 Å². The number of benzene rings is 1. The van der Waals surface area contributed by atoms with E-state index in [1.54, 1.807) is 10.7 Å². The van der Waals surface area contributed by atoms with Crippen molar-refractivity contribution in [2.24, 2.45) is 5.92 Å². The van der Waals surface area contributed by atoms with Gasteiger partial charge in [-0.1, -0.05) is 43.7 Å². The van der Waals surface area contributed by atoms with Crippen LogP contribution in [0.1, 0.15) is 50.1 Å². The number of pyridine rings is 1. The van der Waals surface area contributed by atoms with Crippen LogP contribution in [-0.4, -0.2) is 36.0 Å². The monoisotopic (exact) mass is 464 g/mol. The molecule has 1 aliphatic rings. The van der Waals surface area contributed by atoms with Crippen molar-refractivity contribution in [3.05, 3.63) is 71.7 Å². The molecule has 176 valence electrons. The molecule has 8 heteroatoms. The van der Waals surface area contributed by atoms with Gasteiger partial charge in [0.25, 0.3) is 0 Å². The number of aryl methyl sites for hydroxylation is 1. The fourth-order valence-corrected chi connectivity index (χ4v) is 4.54. The lowest BCUT2D eigenvalue weighted by molar-refractivity contribution is 0.553. The highest BCUT2D eigenvalue weighted by Gasteiger charge is 2.24. The molecule has 5 rings (SSSR count). The zero-order valence-corrected chi connectivity index (χ0v) is 20.0. The molecule has 1 aliphatic carbocycles. The molecule has 1 saturated carbocycles. The van der Waals surface area contributed by atoms with Gasteiger partial charge in [0.1, 0.15) is 5.69 Å². The Morgan fingerprint density at radius 1 is 1.00 bits per heavy atom. The molecule has 35 heavy (non-hydrogen) atoms. The summed E-state index contributed by atoms with van der Waals surface area (Å²) in [5.74, 6) is 1.14. The maximum Gasteiger partial charge on any atom is 0.224 e. The van der Waals surface area contributed by atoms with Crippen LogP contribution in [0.5, 0.6) is 0 Å². The Balaban J connectivity index is 1.48. The second kappa shape index (κ2) is 10.0. The van der Waals surface area contributed by atoms with Crippen LogP contribution in [0, 0.1) is 17.2 Å². The third kappa shape index (κ3) is 5.19. The highest BCUT2D eigenvalue weighted by Crippen LogP contribution is 2.29. The van der Waals surface area contributed by atoms with E-state index in [2.05, 4.69) is 40.5 Å². The molecule has 0 unspecified atom stereocenters. The minimum Gasteiger partial charge on any atom is -0.351 e. The molecule has 1 fully saturated rings. The van der Waals surface area contributed by atoms with Crippen LogP contribution in [-0.2, 0) is 13.0 Å². The Kier molecular flexibility index (Phi) is 6.49. The number of nitrogens with one attached hydrogen (secondary N) is 1. The molecule has 0 saturated heterocycles. The fourth-order valence-electron chi connectivity index (χ4n) is 4.54. The molecular formula is C27H28N8. The summed E-state index contributed by atoms with van der Waals surface area (Å²) < 4.78 is 1.78. The van der Waals surface area contributed by atoms with Gasteiger partial charge in [-0.15, -0.1) is 5.10 Å². The number of nitrogens with zero attached hydrogens (tertiary/aromatic N) is 7. The van der Waals surface area contributed by atoms with E-state index >= 15 is 0 Å². The first kappa shape index (κ1) is 22.7. The molecule has 0 amide bonds. The summed E-state index contributed by atoms with van der Waals surface area (Å²) in [4.78, 5) is 14.3. The molecule has 1 aromatic carbocycles. The van der Waals surface area contributed by atoms with E-state index in [1.165, 1.54) is 12.8 Å². The largest absolute Gasteiger partial charge is 0.351 e. The summed E-state index contributed by atoms with van der Waals surface area (Å²) in [6.45, 7) is 4.89. The van der Waals surface area contributed by atoms with Crippen LogP contribution in [0.25, 0.3) is 22.6 Å². The van der Waals surface area contributed by atoms with Crippen molar-refractivity contribution in [2.45, 2.75) is 52.1 Å². The highest BCUT2D eigenvalue weighted by molar-refractivity contribution is 5.68. The van der Waals surface area contributed by atoms with Crippen LogP contribution in [0.2, 0.25) is 0 Å². The predicted molar refractivity (Wildman–Crippen MR) is 134 cm³/mol. The molecule has 2 atom stereocenters. The molecule has 3 aromatic heterocycles. The molecule has 0 bridgehead atoms. The quantitative estimate of drug-likeness (QED) is 0.415. The van der Waals surface area contributed by atoms with Crippen molar-refractivity contribution in [2.75, 3.05) is 5.32 Å². The first-order valence-electron chi connectivity index (χ1n) is 12.1. The minimum absolute atomic E-state index is 0.344. The molecule has 0 aliphatic heterocycles. The van der Waals surface area contributed by atoms with Crippen LogP contribution in [0.3, 0.4) is 0 Å². The maximum atomic E-state index is 9.35. The first-order valence-corrected chi connectivity index (χ1v) is 12.1. The van der Waals surface area contributed by atoms with E-state index in [0.29, 0.717) is 41.4 Å². The number of hydrogen-bond donors (Lipinski definition) is 1. The number of hydrogen-bond acceptors (Lipinski definition) is 7. The maximum absolute atomic E-state index is 9.35. The Morgan fingerprint density at radius 3 is 2.63 bits per heavy atom. The van der Waals surface area contributed by atoms with E-state index in [4.69, 9.17) is 9.97 Å². The van der Waals surface area contributed by atoms with Gasteiger partial charge < -0.3 is 5.32 Å². The Labute approximate surface area is 205 Å². The summed E-state index contributed by atoms with van der Waals surface area (Å²) in [6, 6.07) is 18.0. The van der Waals surface area contributed by atoms with Gasteiger partial charge >= 0.3 is 0 Å². The van der Waals surface area contributed by atoms with Gasteiger partial charge in [0.15, 0.2) is 0 Å². The number of nitriles is 1. The lowest BCUT2D eigenvalue weighted by Gasteiger charge is -2.18. The third-order valence-corrected chi connectivity index (χ3v) is 6.54. The van der Waals surface area contributed by atoms with E-state index < -0.39 is 0 Å². The van der Waals surface area contributed by atoms with E-state index in [1.807, 2.05) is 48.7 Å². The van der Waals surface area contributed by atoms with Gasteiger partial charge in [-0.3, -0.25) is 4.98 Å². The molecule has 1 N–H and O–H groups in total. The van der Waals surface area contributed by atoms with E-state index in [9.17, 15) is 5.26 Å². The Bertz CT molecular complexity index is 1370. The van der Waals surface area contributed by atoms with Gasteiger partial charge in [-0.25, -0.2) is 14.6 Å². The van der Waals surface area contributed by atoms with Gasteiger partial charge in [0.2, 0.25) is 5.95 Å². The van der Waals surface area contributed by atoms with Crippen molar-refractivity contribution < 1.29 is 0 Å². The standard InChI is InChI=1S/C27H28N8/c1-3-21-10-6-11-22(29-21)16-35-17-26(33-34-35)25-14-24(20-9-5-8-19(13-20)15-28)31-27(32-25)30-23-12-4-7-18(23)2/h5-6,8-11,13-14,17-18,23H,3-4,7,12,16H2,1-2H3,(H,30,31,32)/t18-,23-/m1/s1. The topological polar surface area (TPSA) is 105 Å². The Morgan fingerprint density at radius 2 is 1.83 bits per heavy atom. The van der Waals surface area contributed by atoms with E-state index in [0.717, 1.165) is 35.5 Å². The van der Waals surface area contributed by atoms with Gasteiger partial charge in [0, 0.05) is 17.3 Å². The van der Waals surface area contributed by atoms with Crippen LogP contribution in [0.4, 0.5) is 5.95 Å². The van der Waals surface area contributed by atoms with E-state index in [-0.39, 0.29) is 0 Å².